The number of hydrogen-bond donors (Lipinski definition) is 4. The summed E-state index contributed by atoms with van der Waals surface area (Å²) in [4.78, 5) is 30.0. The van der Waals surface area contributed by atoms with Gasteiger partial charge >= 0.3 is 6.09 Å². The number of nitrogens with one attached hydrogen (secondary N) is 3. The summed E-state index contributed by atoms with van der Waals surface area (Å²) in [5.74, 6) is 0.831. The molecule has 0 saturated carbocycles. The molecule has 3 heterocycles. The molecule has 4 N–H and O–H groups in total. The molecule has 0 spiro atoms. The molecular weight excluding hydrogens is 474 g/mol. The van der Waals surface area contributed by atoms with Gasteiger partial charge in [-0.15, -0.1) is 0 Å². The Bertz CT molecular complexity index is 1400. The van der Waals surface area contributed by atoms with Crippen LogP contribution in [0.1, 0.15) is 26.5 Å². The number of amides is 2. The van der Waals surface area contributed by atoms with Gasteiger partial charge in [0, 0.05) is 42.4 Å². The van der Waals surface area contributed by atoms with E-state index in [1.54, 1.807) is 16.8 Å². The number of benzene rings is 1. The van der Waals surface area contributed by atoms with Gasteiger partial charge in [0.05, 0.1) is 17.1 Å². The van der Waals surface area contributed by atoms with Crippen molar-refractivity contribution in [1.29, 1.82) is 0 Å². The number of rotatable bonds is 7. The van der Waals surface area contributed by atoms with E-state index in [9.17, 15) is 23.1 Å². The van der Waals surface area contributed by atoms with Gasteiger partial charge < -0.3 is 15.3 Å². The highest BCUT2D eigenvalue weighted by Crippen LogP contribution is 2.30. The first kappa shape index (κ1) is 24.3. The summed E-state index contributed by atoms with van der Waals surface area (Å²) in [6.45, 7) is 6.25. The summed E-state index contributed by atoms with van der Waals surface area (Å²) < 4.78 is 28.2. The molecule has 2 amide bonds. The Balaban J connectivity index is 1.64. The molecule has 0 unspecified atom stereocenters. The zero-order valence-corrected chi connectivity index (χ0v) is 20.4. The Kier molecular flexibility index (Phi) is 6.52. The molecule has 0 aliphatic carbocycles. The molecule has 0 atom stereocenters. The SMILES string of the molecule is CCS(=O)(=O)Nc1cc(NC(=O)O)c2cnc(Nc3cc4n(n3)CC(=O)N(C(C)C)CC4)cc2c1. The summed E-state index contributed by atoms with van der Waals surface area (Å²) in [6, 6.07) is 6.67. The van der Waals surface area contributed by atoms with Crippen LogP contribution in [0.3, 0.4) is 0 Å². The van der Waals surface area contributed by atoms with E-state index < -0.39 is 16.1 Å². The van der Waals surface area contributed by atoms with Crippen molar-refractivity contribution >= 4 is 55.8 Å². The molecule has 1 aliphatic heterocycles. The maximum absolute atomic E-state index is 12.5. The second-order valence-corrected chi connectivity index (χ2v) is 10.5. The minimum Gasteiger partial charge on any atom is -0.465 e. The number of aromatic nitrogens is 3. The number of fused-ring (bicyclic) bond motifs is 2. The molecule has 12 nitrogen and oxygen atoms in total. The lowest BCUT2D eigenvalue weighted by molar-refractivity contribution is -0.133. The first-order valence-corrected chi connectivity index (χ1v) is 12.8. The van der Waals surface area contributed by atoms with Crippen LogP contribution in [0.15, 0.2) is 30.5 Å². The normalized spacial score (nSPS) is 14.1. The van der Waals surface area contributed by atoms with Gasteiger partial charge in [0.1, 0.15) is 12.4 Å². The molecular formula is C22H27N7O5S. The third-order valence-electron chi connectivity index (χ3n) is 5.69. The Labute approximate surface area is 202 Å². The fourth-order valence-electron chi connectivity index (χ4n) is 3.97. The van der Waals surface area contributed by atoms with E-state index in [1.807, 2.05) is 24.8 Å². The van der Waals surface area contributed by atoms with Crippen molar-refractivity contribution in [1.82, 2.24) is 19.7 Å². The third-order valence-corrected chi connectivity index (χ3v) is 7.00. The van der Waals surface area contributed by atoms with Crippen molar-refractivity contribution in [2.45, 2.75) is 39.8 Å². The van der Waals surface area contributed by atoms with E-state index >= 15 is 0 Å². The summed E-state index contributed by atoms with van der Waals surface area (Å²) in [5.41, 5.74) is 1.35. The summed E-state index contributed by atoms with van der Waals surface area (Å²) in [5, 5.41) is 20.2. The maximum Gasteiger partial charge on any atom is 0.409 e. The highest BCUT2D eigenvalue weighted by molar-refractivity contribution is 7.92. The number of carboxylic acid groups (broad SMARTS) is 1. The lowest BCUT2D eigenvalue weighted by Crippen LogP contribution is -2.38. The Hall–Kier alpha value is -3.87. The van der Waals surface area contributed by atoms with Gasteiger partial charge in [-0.05, 0) is 44.4 Å². The van der Waals surface area contributed by atoms with E-state index in [0.717, 1.165) is 5.69 Å². The van der Waals surface area contributed by atoms with E-state index in [4.69, 9.17) is 0 Å². The van der Waals surface area contributed by atoms with Crippen molar-refractivity contribution in [2.75, 3.05) is 27.7 Å². The Morgan fingerprint density at radius 3 is 2.66 bits per heavy atom. The van der Waals surface area contributed by atoms with Gasteiger partial charge in [-0.2, -0.15) is 5.10 Å². The topological polar surface area (TPSA) is 159 Å². The molecule has 0 bridgehead atoms. The zero-order chi connectivity index (χ0) is 25.3. The predicted octanol–water partition coefficient (Wildman–Crippen LogP) is 2.82. The predicted molar refractivity (Wildman–Crippen MR) is 133 cm³/mol. The monoisotopic (exact) mass is 501 g/mol. The van der Waals surface area contributed by atoms with Crippen LogP contribution < -0.4 is 15.4 Å². The number of nitrogens with zero attached hydrogens (tertiary/aromatic N) is 4. The molecule has 1 aliphatic rings. The van der Waals surface area contributed by atoms with E-state index in [-0.39, 0.29) is 35.6 Å². The molecule has 0 fully saturated rings. The number of hydrogen-bond acceptors (Lipinski definition) is 7. The summed E-state index contributed by atoms with van der Waals surface area (Å²) >= 11 is 0. The van der Waals surface area contributed by atoms with Gasteiger partial charge in [0.25, 0.3) is 0 Å². The van der Waals surface area contributed by atoms with Crippen molar-refractivity contribution in [3.63, 3.8) is 0 Å². The van der Waals surface area contributed by atoms with Crippen LogP contribution in [0.2, 0.25) is 0 Å². The van der Waals surface area contributed by atoms with E-state index in [1.165, 1.54) is 19.2 Å². The van der Waals surface area contributed by atoms with Crippen LogP contribution in [-0.4, -0.2) is 63.5 Å². The molecule has 0 saturated heterocycles. The smallest absolute Gasteiger partial charge is 0.409 e. The molecule has 186 valence electrons. The molecule has 13 heteroatoms. The first-order valence-electron chi connectivity index (χ1n) is 11.1. The highest BCUT2D eigenvalue weighted by Gasteiger charge is 2.24. The lowest BCUT2D eigenvalue weighted by Gasteiger charge is -2.24. The van der Waals surface area contributed by atoms with Gasteiger partial charge in [-0.25, -0.2) is 18.2 Å². The molecule has 2 aromatic heterocycles. The molecule has 0 radical (unpaired) electrons. The fourth-order valence-corrected chi connectivity index (χ4v) is 4.59. The molecule has 35 heavy (non-hydrogen) atoms. The van der Waals surface area contributed by atoms with Crippen LogP contribution in [0.25, 0.3) is 10.8 Å². The number of carbonyl (C=O) groups is 2. The van der Waals surface area contributed by atoms with Crippen molar-refractivity contribution in [3.8, 4) is 0 Å². The number of sulfonamides is 1. The third kappa shape index (κ3) is 5.45. The average molecular weight is 502 g/mol. The van der Waals surface area contributed by atoms with Crippen molar-refractivity contribution < 1.29 is 23.1 Å². The summed E-state index contributed by atoms with van der Waals surface area (Å²) in [6.07, 6.45) is 0.884. The number of pyridine rings is 1. The van der Waals surface area contributed by atoms with E-state index in [0.29, 0.717) is 35.4 Å². The molecule has 4 rings (SSSR count). The van der Waals surface area contributed by atoms with Crippen molar-refractivity contribution in [2.24, 2.45) is 0 Å². The van der Waals surface area contributed by atoms with Gasteiger partial charge in [-0.1, -0.05) is 0 Å². The van der Waals surface area contributed by atoms with Crippen LogP contribution in [0.5, 0.6) is 0 Å². The Morgan fingerprint density at radius 1 is 1.20 bits per heavy atom. The zero-order valence-electron chi connectivity index (χ0n) is 19.6. The first-order chi connectivity index (χ1) is 16.5. The fraction of sp³-hybridized carbons (Fsp3) is 0.364. The summed E-state index contributed by atoms with van der Waals surface area (Å²) in [7, 11) is -3.56. The Morgan fingerprint density at radius 2 is 1.97 bits per heavy atom. The minimum atomic E-state index is -3.56. The second-order valence-electron chi connectivity index (χ2n) is 8.48. The maximum atomic E-state index is 12.5. The van der Waals surface area contributed by atoms with Crippen LogP contribution in [0, 0.1) is 0 Å². The van der Waals surface area contributed by atoms with Gasteiger partial charge in [0.2, 0.25) is 15.9 Å². The molecule has 1 aromatic carbocycles. The largest absolute Gasteiger partial charge is 0.465 e. The second kappa shape index (κ2) is 9.41. The quantitative estimate of drug-likeness (QED) is 0.385. The van der Waals surface area contributed by atoms with Crippen LogP contribution >= 0.6 is 0 Å². The van der Waals surface area contributed by atoms with Crippen molar-refractivity contribution in [3.05, 3.63) is 36.2 Å². The average Bonchev–Trinajstić information content (AvgIpc) is 3.05. The minimum absolute atomic E-state index is 0.0118. The highest BCUT2D eigenvalue weighted by atomic mass is 32.2. The van der Waals surface area contributed by atoms with Gasteiger partial charge in [-0.3, -0.25) is 19.5 Å². The molecule has 3 aromatic rings. The van der Waals surface area contributed by atoms with Crippen LogP contribution in [0.4, 0.5) is 27.8 Å². The number of anilines is 4. The van der Waals surface area contributed by atoms with Gasteiger partial charge in [0.15, 0.2) is 5.82 Å². The number of carbonyl (C=O) groups excluding carboxylic acids is 1. The van der Waals surface area contributed by atoms with Crippen LogP contribution in [-0.2, 0) is 27.8 Å². The standard InChI is InChI=1S/C22H27N7O5S/c1-4-35(33,34)27-15-7-14-8-19(23-11-17(14)18(9-15)24-22(31)32)25-20-10-16-5-6-28(13(2)3)21(30)12-29(16)26-20/h7-11,13,24,27H,4-6,12H2,1-3H3,(H,31,32)(H,23,25,26). The van der Waals surface area contributed by atoms with E-state index in [2.05, 4.69) is 25.4 Å². The lowest BCUT2D eigenvalue weighted by atomic mass is 10.1.